The highest BCUT2D eigenvalue weighted by atomic mass is 35.5. The summed E-state index contributed by atoms with van der Waals surface area (Å²) in [5, 5.41) is 7.61. The molecule has 0 atom stereocenters. The lowest BCUT2D eigenvalue weighted by Crippen LogP contribution is -2.51. The first-order valence-corrected chi connectivity index (χ1v) is 13.2. The van der Waals surface area contributed by atoms with Gasteiger partial charge < -0.3 is 9.88 Å². The first-order valence-electron chi connectivity index (χ1n) is 12.0. The van der Waals surface area contributed by atoms with Gasteiger partial charge in [0.15, 0.2) is 0 Å². The van der Waals surface area contributed by atoms with Gasteiger partial charge in [-0.05, 0) is 56.3 Å². The van der Waals surface area contributed by atoms with Crippen LogP contribution in [0, 0.1) is 0 Å². The van der Waals surface area contributed by atoms with E-state index >= 15 is 4.39 Å². The molecule has 2 N–H and O–H groups in total. The fourth-order valence-electron chi connectivity index (χ4n) is 5.20. The lowest BCUT2D eigenvalue weighted by Gasteiger charge is -2.31. The summed E-state index contributed by atoms with van der Waals surface area (Å²) in [4.78, 5) is 31.3. The monoisotopic (exact) mass is 525 g/mol. The fraction of sp³-hybridized carbons (Fsp3) is 0.346. The molecule has 2 fully saturated rings. The van der Waals surface area contributed by atoms with Gasteiger partial charge in [0, 0.05) is 38.8 Å². The van der Waals surface area contributed by atoms with Crippen LogP contribution in [-0.4, -0.2) is 58.1 Å². The number of alkyl halides is 1. The number of thiophene rings is 1. The summed E-state index contributed by atoms with van der Waals surface area (Å²) in [6, 6.07) is 9.69. The topological polar surface area (TPSA) is 79.3 Å². The maximum atomic E-state index is 15.7. The highest BCUT2D eigenvalue weighted by molar-refractivity contribution is 7.19. The van der Waals surface area contributed by atoms with Crippen molar-refractivity contribution in [2.24, 2.45) is 0 Å². The van der Waals surface area contributed by atoms with E-state index in [2.05, 4.69) is 15.6 Å². The van der Waals surface area contributed by atoms with E-state index in [1.54, 1.807) is 6.20 Å². The van der Waals surface area contributed by atoms with Crippen molar-refractivity contribution in [1.29, 1.82) is 0 Å². The number of amides is 2. The number of piperidine rings is 1. The van der Waals surface area contributed by atoms with E-state index < -0.39 is 5.67 Å². The third kappa shape index (κ3) is 4.30. The smallest absolute Gasteiger partial charge is 0.243 e. The van der Waals surface area contributed by atoms with Crippen molar-refractivity contribution in [3.63, 3.8) is 0 Å². The molecule has 186 valence electrons. The molecule has 0 saturated carbocycles. The van der Waals surface area contributed by atoms with Gasteiger partial charge in [-0.2, -0.15) is 0 Å². The van der Waals surface area contributed by atoms with Crippen LogP contribution in [0.15, 0.2) is 42.7 Å². The summed E-state index contributed by atoms with van der Waals surface area (Å²) in [5.41, 5.74) is 2.31. The van der Waals surface area contributed by atoms with Crippen molar-refractivity contribution in [3.05, 3.63) is 52.6 Å². The van der Waals surface area contributed by atoms with Crippen molar-refractivity contribution in [1.82, 2.24) is 25.1 Å². The van der Waals surface area contributed by atoms with Gasteiger partial charge in [0.2, 0.25) is 11.8 Å². The van der Waals surface area contributed by atoms with Crippen molar-refractivity contribution in [3.8, 4) is 11.1 Å². The second-order valence-corrected chi connectivity index (χ2v) is 11.1. The Morgan fingerprint density at radius 3 is 2.61 bits per heavy atom. The van der Waals surface area contributed by atoms with Crippen LogP contribution < -0.4 is 10.6 Å². The molecule has 0 spiro atoms. The van der Waals surface area contributed by atoms with E-state index in [1.807, 2.05) is 41.1 Å². The summed E-state index contributed by atoms with van der Waals surface area (Å²) in [6.45, 7) is 2.17. The number of rotatable bonds is 5. The molecule has 2 aliphatic heterocycles. The number of hydrogen-bond acceptors (Lipinski definition) is 6. The normalized spacial score (nSPS) is 18.4. The number of hydrogen-bond donors (Lipinski definition) is 2. The first-order chi connectivity index (χ1) is 17.4. The fourth-order valence-corrected chi connectivity index (χ4v) is 6.56. The maximum Gasteiger partial charge on any atom is 0.243 e. The molecule has 2 amide bonds. The van der Waals surface area contributed by atoms with Crippen LogP contribution in [0.5, 0.6) is 0 Å². The quantitative estimate of drug-likeness (QED) is 0.383. The zero-order chi connectivity index (χ0) is 24.9. The van der Waals surface area contributed by atoms with E-state index in [9.17, 15) is 9.59 Å². The van der Waals surface area contributed by atoms with Crippen molar-refractivity contribution < 1.29 is 14.0 Å². The van der Waals surface area contributed by atoms with Crippen molar-refractivity contribution >= 4 is 55.9 Å². The maximum absolute atomic E-state index is 15.7. The van der Waals surface area contributed by atoms with E-state index in [-0.39, 0.29) is 38.0 Å². The van der Waals surface area contributed by atoms with Gasteiger partial charge in [0.05, 0.1) is 41.9 Å². The van der Waals surface area contributed by atoms with Gasteiger partial charge in [-0.1, -0.05) is 11.6 Å². The molecule has 5 heterocycles. The molecular formula is C26H25ClFN5O2S. The van der Waals surface area contributed by atoms with Gasteiger partial charge >= 0.3 is 0 Å². The molecule has 2 aliphatic rings. The minimum absolute atomic E-state index is 0.156. The molecule has 4 aromatic rings. The standard InChI is InChI=1S/C26H25ClFN5O2S/c27-17-9-16-2-8-32(15-26(28)3-6-29-7-4-26)24(16)20(10-17)19-1-5-31-21-11-18(36-25(19)21)14-33-22(34)12-30-13-23(33)35/h1-2,5,8-11,29-30H,3-4,6-7,12-15H2. The Kier molecular flexibility index (Phi) is 6.03. The number of benzene rings is 1. The number of aromatic nitrogens is 2. The third-order valence-corrected chi connectivity index (χ3v) is 8.36. The molecule has 6 rings (SSSR count). The molecule has 0 bridgehead atoms. The van der Waals surface area contributed by atoms with Crippen LogP contribution >= 0.6 is 22.9 Å². The minimum atomic E-state index is -1.26. The number of imide groups is 1. The van der Waals surface area contributed by atoms with Crippen molar-refractivity contribution in [2.75, 3.05) is 26.2 Å². The average molecular weight is 526 g/mol. The van der Waals surface area contributed by atoms with E-state index in [1.165, 1.54) is 16.2 Å². The summed E-state index contributed by atoms with van der Waals surface area (Å²) in [6.07, 6.45) is 4.64. The highest BCUT2D eigenvalue weighted by Gasteiger charge is 2.33. The zero-order valence-corrected chi connectivity index (χ0v) is 21.1. The second-order valence-electron chi connectivity index (χ2n) is 9.50. The number of piperazine rings is 1. The number of nitrogens with one attached hydrogen (secondary N) is 2. The number of nitrogens with zero attached hydrogens (tertiary/aromatic N) is 3. The number of fused-ring (bicyclic) bond motifs is 2. The summed E-state index contributed by atoms with van der Waals surface area (Å²) >= 11 is 8.04. The molecule has 0 radical (unpaired) electrons. The van der Waals surface area contributed by atoms with Gasteiger partial charge in [-0.3, -0.25) is 24.8 Å². The molecule has 0 unspecified atom stereocenters. The molecule has 2 saturated heterocycles. The molecule has 10 heteroatoms. The van der Waals surface area contributed by atoms with Crippen LogP contribution in [0.2, 0.25) is 5.02 Å². The van der Waals surface area contributed by atoms with E-state index in [0.717, 1.165) is 37.1 Å². The Morgan fingerprint density at radius 2 is 1.83 bits per heavy atom. The minimum Gasteiger partial charge on any atom is -0.344 e. The van der Waals surface area contributed by atoms with Crippen LogP contribution in [-0.2, 0) is 22.7 Å². The Balaban J connectivity index is 1.43. The SMILES string of the molecule is O=C1CNCC(=O)N1Cc1cc2nccc(-c3cc(Cl)cc4ccn(CC5(F)CCNCC5)c34)c2s1. The average Bonchev–Trinajstić information content (AvgIpc) is 3.44. The lowest BCUT2D eigenvalue weighted by molar-refractivity contribution is -0.147. The molecule has 36 heavy (non-hydrogen) atoms. The Hall–Kier alpha value is -2.85. The summed E-state index contributed by atoms with van der Waals surface area (Å²) in [7, 11) is 0. The predicted molar refractivity (Wildman–Crippen MR) is 140 cm³/mol. The van der Waals surface area contributed by atoms with Crippen LogP contribution in [0.25, 0.3) is 32.2 Å². The number of pyridine rings is 1. The van der Waals surface area contributed by atoms with E-state index in [0.29, 0.717) is 31.0 Å². The number of halogens is 2. The summed E-state index contributed by atoms with van der Waals surface area (Å²) in [5.74, 6) is -0.464. The van der Waals surface area contributed by atoms with E-state index in [4.69, 9.17) is 11.6 Å². The van der Waals surface area contributed by atoms with Crippen LogP contribution in [0.1, 0.15) is 17.7 Å². The largest absolute Gasteiger partial charge is 0.344 e. The number of carbonyl (C=O) groups excluding carboxylic acids is 2. The molecule has 1 aromatic carbocycles. The second kappa shape index (κ2) is 9.23. The predicted octanol–water partition coefficient (Wildman–Crippen LogP) is 4.12. The van der Waals surface area contributed by atoms with Gasteiger partial charge in [-0.25, -0.2) is 4.39 Å². The molecule has 7 nitrogen and oxygen atoms in total. The Labute approximate surface area is 216 Å². The van der Waals surface area contributed by atoms with Gasteiger partial charge in [0.1, 0.15) is 5.67 Å². The zero-order valence-electron chi connectivity index (χ0n) is 19.5. The van der Waals surface area contributed by atoms with Crippen molar-refractivity contribution in [2.45, 2.75) is 31.6 Å². The Morgan fingerprint density at radius 1 is 1.06 bits per heavy atom. The lowest BCUT2D eigenvalue weighted by atomic mass is 9.94. The van der Waals surface area contributed by atoms with Gasteiger partial charge in [-0.15, -0.1) is 11.3 Å². The van der Waals surface area contributed by atoms with Crippen LogP contribution in [0.3, 0.4) is 0 Å². The van der Waals surface area contributed by atoms with Crippen LogP contribution in [0.4, 0.5) is 4.39 Å². The third-order valence-electron chi connectivity index (χ3n) is 7.00. The molecule has 0 aliphatic carbocycles. The van der Waals surface area contributed by atoms with Gasteiger partial charge in [0.25, 0.3) is 0 Å². The molecular weight excluding hydrogens is 501 g/mol. The Bertz CT molecular complexity index is 1480. The molecule has 3 aromatic heterocycles. The first kappa shape index (κ1) is 23.5. The number of carbonyl (C=O) groups is 2. The highest BCUT2D eigenvalue weighted by Crippen LogP contribution is 2.40. The summed E-state index contributed by atoms with van der Waals surface area (Å²) < 4.78 is 18.6.